The minimum Gasteiger partial charge on any atom is -0.468 e. The molecule has 0 saturated carbocycles. The molecule has 27 heavy (non-hydrogen) atoms. The van der Waals surface area contributed by atoms with E-state index in [0.717, 1.165) is 0 Å². The fourth-order valence-corrected chi connectivity index (χ4v) is 3.10. The van der Waals surface area contributed by atoms with Crippen LogP contribution in [0.1, 0.15) is 17.0 Å². The standard InChI is InChI=1S/C19H14ClN3O4/c1-27-19(26)14-10-23(16-5-3-2-4-13(14)16)18(25)17(24)22-12-6-7-15(20)11(8-12)9-21/h2-8,14H,10H2,1H3,(H,22,24)/t14-/m1/s1. The molecule has 1 heterocycles. The third kappa shape index (κ3) is 3.48. The second kappa shape index (κ2) is 7.48. The van der Waals surface area contributed by atoms with Crippen LogP contribution in [0.2, 0.25) is 5.02 Å². The predicted octanol–water partition coefficient (Wildman–Crippen LogP) is 2.45. The van der Waals surface area contributed by atoms with E-state index in [-0.39, 0.29) is 22.8 Å². The first kappa shape index (κ1) is 18.4. The molecule has 3 rings (SSSR count). The highest BCUT2D eigenvalue weighted by Gasteiger charge is 2.39. The van der Waals surface area contributed by atoms with Gasteiger partial charge in [-0.25, -0.2) is 0 Å². The second-order valence-electron chi connectivity index (χ2n) is 5.81. The van der Waals surface area contributed by atoms with Crippen LogP contribution in [0.4, 0.5) is 11.4 Å². The van der Waals surface area contributed by atoms with Crippen molar-refractivity contribution >= 4 is 40.8 Å². The molecule has 0 bridgehead atoms. The molecule has 1 aliphatic rings. The lowest BCUT2D eigenvalue weighted by Crippen LogP contribution is -2.39. The molecule has 7 nitrogen and oxygen atoms in total. The number of halogens is 1. The van der Waals surface area contributed by atoms with Crippen LogP contribution in [-0.2, 0) is 19.1 Å². The fraction of sp³-hybridized carbons (Fsp3) is 0.158. The molecule has 0 unspecified atom stereocenters. The zero-order chi connectivity index (χ0) is 19.6. The number of para-hydroxylation sites is 1. The van der Waals surface area contributed by atoms with Gasteiger partial charge in [-0.1, -0.05) is 29.8 Å². The normalized spacial score (nSPS) is 14.9. The molecule has 1 N–H and O–H groups in total. The van der Waals surface area contributed by atoms with Crippen LogP contribution in [0.15, 0.2) is 42.5 Å². The van der Waals surface area contributed by atoms with Gasteiger partial charge in [0.2, 0.25) is 0 Å². The minimum absolute atomic E-state index is 0.0162. The van der Waals surface area contributed by atoms with E-state index in [4.69, 9.17) is 21.6 Å². The van der Waals surface area contributed by atoms with Crippen molar-refractivity contribution < 1.29 is 19.1 Å². The molecule has 0 saturated heterocycles. The number of fused-ring (bicyclic) bond motifs is 1. The average Bonchev–Trinajstić information content (AvgIpc) is 3.07. The third-order valence-electron chi connectivity index (χ3n) is 4.24. The van der Waals surface area contributed by atoms with Crippen molar-refractivity contribution in [3.63, 3.8) is 0 Å². The maximum atomic E-state index is 12.7. The summed E-state index contributed by atoms with van der Waals surface area (Å²) in [5, 5.41) is 11.7. The van der Waals surface area contributed by atoms with Gasteiger partial charge in [0.05, 0.1) is 17.7 Å². The van der Waals surface area contributed by atoms with Gasteiger partial charge in [-0.05, 0) is 29.8 Å². The van der Waals surface area contributed by atoms with Crippen molar-refractivity contribution in [1.29, 1.82) is 5.26 Å². The number of carbonyl (C=O) groups excluding carboxylic acids is 3. The van der Waals surface area contributed by atoms with E-state index in [9.17, 15) is 14.4 Å². The van der Waals surface area contributed by atoms with Crippen molar-refractivity contribution in [1.82, 2.24) is 0 Å². The van der Waals surface area contributed by atoms with Crippen LogP contribution in [0, 0.1) is 11.3 Å². The minimum atomic E-state index is -0.887. The Balaban J connectivity index is 1.83. The monoisotopic (exact) mass is 383 g/mol. The summed E-state index contributed by atoms with van der Waals surface area (Å²) in [5.41, 5.74) is 1.57. The smallest absolute Gasteiger partial charge is 0.316 e. The average molecular weight is 384 g/mol. The van der Waals surface area contributed by atoms with Gasteiger partial charge in [-0.3, -0.25) is 14.4 Å². The molecule has 0 aliphatic carbocycles. The molecule has 2 aromatic carbocycles. The van der Waals surface area contributed by atoms with Crippen LogP contribution >= 0.6 is 11.6 Å². The van der Waals surface area contributed by atoms with Crippen LogP contribution in [-0.4, -0.2) is 31.4 Å². The molecule has 1 atom stereocenters. The number of methoxy groups -OCH3 is 1. The molecular weight excluding hydrogens is 370 g/mol. The zero-order valence-corrected chi connectivity index (χ0v) is 15.0. The predicted molar refractivity (Wildman–Crippen MR) is 98.3 cm³/mol. The Morgan fingerprint density at radius 2 is 2.00 bits per heavy atom. The Morgan fingerprint density at radius 1 is 1.26 bits per heavy atom. The number of nitrogens with zero attached hydrogens (tertiary/aromatic N) is 2. The number of amides is 2. The molecular formula is C19H14ClN3O4. The highest BCUT2D eigenvalue weighted by atomic mass is 35.5. The van der Waals surface area contributed by atoms with Gasteiger partial charge in [-0.2, -0.15) is 5.26 Å². The van der Waals surface area contributed by atoms with Crippen molar-refractivity contribution in [3.8, 4) is 6.07 Å². The summed E-state index contributed by atoms with van der Waals surface area (Å²) in [5.74, 6) is -2.83. The SMILES string of the molecule is COC(=O)[C@@H]1CN(C(=O)C(=O)Nc2ccc(Cl)c(C#N)c2)c2ccccc21. The van der Waals surface area contributed by atoms with E-state index < -0.39 is 23.7 Å². The molecule has 2 amide bonds. The number of rotatable bonds is 2. The topological polar surface area (TPSA) is 99.5 Å². The number of benzene rings is 2. The Labute approximate surface area is 160 Å². The number of ether oxygens (including phenoxy) is 1. The summed E-state index contributed by atoms with van der Waals surface area (Å²) in [6.45, 7) is 0.0162. The van der Waals surface area contributed by atoms with Gasteiger partial charge in [0, 0.05) is 17.9 Å². The Kier molecular flexibility index (Phi) is 5.10. The van der Waals surface area contributed by atoms with Gasteiger partial charge in [0.1, 0.15) is 12.0 Å². The molecule has 1 aliphatic heterocycles. The highest BCUT2D eigenvalue weighted by molar-refractivity contribution is 6.44. The molecule has 0 fully saturated rings. The first-order valence-electron chi connectivity index (χ1n) is 7.95. The quantitative estimate of drug-likeness (QED) is 0.634. The van der Waals surface area contributed by atoms with Crippen LogP contribution in [0.25, 0.3) is 0 Å². The number of nitrogens with one attached hydrogen (secondary N) is 1. The van der Waals surface area contributed by atoms with Gasteiger partial charge in [0.25, 0.3) is 0 Å². The van der Waals surface area contributed by atoms with Gasteiger partial charge >= 0.3 is 17.8 Å². The van der Waals surface area contributed by atoms with Crippen LogP contribution in [0.3, 0.4) is 0 Å². The lowest BCUT2D eigenvalue weighted by molar-refractivity contribution is -0.142. The van der Waals surface area contributed by atoms with E-state index in [1.807, 2.05) is 6.07 Å². The van der Waals surface area contributed by atoms with E-state index in [1.54, 1.807) is 24.3 Å². The molecule has 0 spiro atoms. The first-order chi connectivity index (χ1) is 13.0. The Bertz CT molecular complexity index is 983. The van der Waals surface area contributed by atoms with Crippen molar-refractivity contribution in [2.24, 2.45) is 0 Å². The van der Waals surface area contributed by atoms with Crippen LogP contribution < -0.4 is 10.2 Å². The zero-order valence-electron chi connectivity index (χ0n) is 14.2. The fourth-order valence-electron chi connectivity index (χ4n) is 2.94. The molecule has 2 aromatic rings. The summed E-state index contributed by atoms with van der Waals surface area (Å²) in [7, 11) is 1.27. The van der Waals surface area contributed by atoms with Crippen molar-refractivity contribution in [3.05, 3.63) is 58.6 Å². The van der Waals surface area contributed by atoms with Crippen molar-refractivity contribution in [2.75, 3.05) is 23.9 Å². The van der Waals surface area contributed by atoms with Crippen LogP contribution in [0.5, 0.6) is 0 Å². The van der Waals surface area contributed by atoms with Gasteiger partial charge in [0.15, 0.2) is 0 Å². The largest absolute Gasteiger partial charge is 0.468 e. The third-order valence-corrected chi connectivity index (χ3v) is 4.57. The number of anilines is 2. The number of carbonyl (C=O) groups is 3. The van der Waals surface area contributed by atoms with E-state index >= 15 is 0 Å². The maximum Gasteiger partial charge on any atom is 0.316 e. The number of nitriles is 1. The van der Waals surface area contributed by atoms with Gasteiger partial charge < -0.3 is 15.0 Å². The Morgan fingerprint density at radius 3 is 2.70 bits per heavy atom. The number of esters is 1. The Hall–Kier alpha value is -3.37. The maximum absolute atomic E-state index is 12.7. The summed E-state index contributed by atoms with van der Waals surface area (Å²) >= 11 is 5.86. The van der Waals surface area contributed by atoms with E-state index in [2.05, 4.69) is 5.32 Å². The lowest BCUT2D eigenvalue weighted by atomic mass is 10.0. The van der Waals surface area contributed by atoms with E-state index in [1.165, 1.54) is 30.2 Å². The lowest BCUT2D eigenvalue weighted by Gasteiger charge is -2.17. The summed E-state index contributed by atoms with van der Waals surface area (Å²) in [6.07, 6.45) is 0. The number of hydrogen-bond acceptors (Lipinski definition) is 5. The molecule has 0 aromatic heterocycles. The van der Waals surface area contributed by atoms with Crippen molar-refractivity contribution in [2.45, 2.75) is 5.92 Å². The molecule has 0 radical (unpaired) electrons. The first-order valence-corrected chi connectivity index (χ1v) is 8.33. The molecule has 8 heteroatoms. The summed E-state index contributed by atoms with van der Waals surface area (Å²) in [4.78, 5) is 38.3. The summed E-state index contributed by atoms with van der Waals surface area (Å²) in [6, 6.07) is 13.1. The van der Waals surface area contributed by atoms with E-state index in [0.29, 0.717) is 11.3 Å². The molecule has 136 valence electrons. The second-order valence-corrected chi connectivity index (χ2v) is 6.22. The highest BCUT2D eigenvalue weighted by Crippen LogP contribution is 2.36. The number of hydrogen-bond donors (Lipinski definition) is 1. The summed E-state index contributed by atoms with van der Waals surface area (Å²) < 4.78 is 4.79. The van der Waals surface area contributed by atoms with Gasteiger partial charge in [-0.15, -0.1) is 0 Å².